The lowest BCUT2D eigenvalue weighted by molar-refractivity contribution is 0.305. The summed E-state index contributed by atoms with van der Waals surface area (Å²) >= 11 is 7.67. The van der Waals surface area contributed by atoms with Gasteiger partial charge in [-0.3, -0.25) is 0 Å². The molecule has 0 aliphatic heterocycles. The Labute approximate surface area is 452 Å². The lowest BCUT2D eigenvalue weighted by Crippen LogP contribution is -2.02. The maximum Gasteiger partial charge on any atom is 0.150 e. The van der Waals surface area contributed by atoms with Crippen molar-refractivity contribution in [2.24, 2.45) is 0 Å². The van der Waals surface area contributed by atoms with Gasteiger partial charge in [0, 0.05) is 116 Å². The SMILES string of the molecule is C#CC#CC#CC#CC#COc1cc2c(cc1-c1cc3c4cc(Br)ccc4n(CCCCCCCCCC)c3cc1OCCCCCCCCCC)c1cc(Br)ccc1n2CCCCCCCCCC.[HH].[HH].[HH].[HH].[HH].[HH].[HH].[HH].[HH].[HH]. The Morgan fingerprint density at radius 2 is 0.814 bits per heavy atom. The third-order valence-electron chi connectivity index (χ3n) is 13.5. The molecule has 6 rings (SSSR count). The average molecular weight is 1080 g/mol. The fourth-order valence-corrected chi connectivity index (χ4v) is 10.5. The van der Waals surface area contributed by atoms with Gasteiger partial charge in [0.15, 0.2) is 0 Å². The number of benzene rings is 4. The highest BCUT2D eigenvalue weighted by atomic mass is 79.9. The molecule has 0 atom stereocenters. The van der Waals surface area contributed by atoms with E-state index in [-0.39, 0.29) is 14.3 Å². The van der Waals surface area contributed by atoms with Gasteiger partial charge in [0.05, 0.1) is 17.6 Å². The minimum Gasteiger partial charge on any atom is -0.493 e. The highest BCUT2D eigenvalue weighted by molar-refractivity contribution is 9.10. The fourth-order valence-electron chi connectivity index (χ4n) is 9.83. The molecule has 6 aromatic rings. The zero-order valence-electron chi connectivity index (χ0n) is 42.4. The summed E-state index contributed by atoms with van der Waals surface area (Å²) in [5.41, 5.74) is 6.68. The van der Waals surface area contributed by atoms with Crippen LogP contribution in [0.4, 0.5) is 0 Å². The maximum atomic E-state index is 7.01. The van der Waals surface area contributed by atoms with Crippen LogP contribution in [0.25, 0.3) is 54.7 Å². The standard InChI is InChI=1S/C64H74Br2N2O2.10H2/c1-5-9-13-17-21-25-29-33-41-67-59-39-37-51(65)45-53(59)55-47-57(63(49-61(55)67)69-43-35-31-27-23-19-15-11-7-3)58-48-56-54-46-52(66)38-40-60(54)68(42-34-30-26-22-18-14-10-6-2)62(56)50-64(58)70-44-36-32-28-24-20-16-12-8-4;;;;;;;;;;/h3,37-40,45-50H,5-6,8-10,12-14,16-18,20-22,24-26,28-30,32-34,36,41-42,44H2,1-2,4H3;10*1H. The van der Waals surface area contributed by atoms with Crippen LogP contribution in [0.5, 0.6) is 11.5 Å². The smallest absolute Gasteiger partial charge is 0.150 e. The van der Waals surface area contributed by atoms with E-state index in [9.17, 15) is 0 Å². The Morgan fingerprint density at radius 3 is 1.29 bits per heavy atom. The Hall–Kier alpha value is -5.16. The molecule has 0 aliphatic rings. The fraction of sp³-hybridized carbons (Fsp3) is 0.469. The highest BCUT2D eigenvalue weighted by Crippen LogP contribution is 2.46. The van der Waals surface area contributed by atoms with Crippen molar-refractivity contribution in [3.63, 3.8) is 0 Å². The molecule has 6 heteroatoms. The molecule has 0 bridgehead atoms. The molecular formula is C64H94Br2N2O2. The number of terminal acetylenes is 1. The first-order valence-corrected chi connectivity index (χ1v) is 28.3. The number of ether oxygens (including phenoxy) is 2. The van der Waals surface area contributed by atoms with Gasteiger partial charge in [0.1, 0.15) is 17.6 Å². The molecular weight excluding hydrogens is 989 g/mol. The summed E-state index contributed by atoms with van der Waals surface area (Å²) in [6, 6.07) is 22.5. The van der Waals surface area contributed by atoms with E-state index in [2.05, 4.69) is 176 Å². The van der Waals surface area contributed by atoms with Crippen molar-refractivity contribution in [1.82, 2.24) is 9.13 Å². The van der Waals surface area contributed by atoms with Crippen LogP contribution in [-0.4, -0.2) is 15.7 Å². The normalized spacial score (nSPS) is 10.9. The molecule has 0 aliphatic carbocycles. The summed E-state index contributed by atoms with van der Waals surface area (Å²) in [5, 5.41) is 4.79. The quantitative estimate of drug-likeness (QED) is 0.0332. The van der Waals surface area contributed by atoms with Crippen LogP contribution in [0, 0.1) is 59.9 Å². The molecule has 0 amide bonds. The maximum absolute atomic E-state index is 7.01. The van der Waals surface area contributed by atoms with Crippen molar-refractivity contribution >= 4 is 75.5 Å². The Morgan fingerprint density at radius 1 is 0.429 bits per heavy atom. The second-order valence-corrected chi connectivity index (χ2v) is 20.7. The van der Waals surface area contributed by atoms with Gasteiger partial charge in [-0.15, -0.1) is 6.42 Å². The van der Waals surface area contributed by atoms with Crippen molar-refractivity contribution in [3.8, 4) is 82.5 Å². The van der Waals surface area contributed by atoms with E-state index in [4.69, 9.17) is 15.9 Å². The zero-order chi connectivity index (χ0) is 49.2. The number of hydrogen-bond acceptors (Lipinski definition) is 2. The second-order valence-electron chi connectivity index (χ2n) is 18.9. The van der Waals surface area contributed by atoms with Crippen LogP contribution in [0.2, 0.25) is 0 Å². The highest BCUT2D eigenvalue weighted by Gasteiger charge is 2.22. The van der Waals surface area contributed by atoms with Crippen LogP contribution >= 0.6 is 31.9 Å². The van der Waals surface area contributed by atoms with Gasteiger partial charge in [-0.25, -0.2) is 0 Å². The third-order valence-corrected chi connectivity index (χ3v) is 14.5. The summed E-state index contributed by atoms with van der Waals surface area (Å²) in [6.45, 7) is 9.36. The monoisotopic (exact) mass is 1080 g/mol. The number of aryl methyl sites for hydroxylation is 2. The van der Waals surface area contributed by atoms with Crippen LogP contribution in [0.15, 0.2) is 69.6 Å². The van der Waals surface area contributed by atoms with Crippen molar-refractivity contribution < 1.29 is 23.7 Å². The van der Waals surface area contributed by atoms with Gasteiger partial charge in [0.25, 0.3) is 0 Å². The Balaban J connectivity index is -0.00000187. The molecule has 70 heavy (non-hydrogen) atoms. The van der Waals surface area contributed by atoms with Crippen molar-refractivity contribution in [2.45, 2.75) is 188 Å². The second kappa shape index (κ2) is 30.5. The number of halogens is 2. The molecule has 4 aromatic carbocycles. The minimum absolute atomic E-state index is 0. The van der Waals surface area contributed by atoms with E-state index < -0.39 is 0 Å². The van der Waals surface area contributed by atoms with Gasteiger partial charge in [0.2, 0.25) is 0 Å². The molecule has 0 unspecified atom stereocenters. The van der Waals surface area contributed by atoms with Crippen molar-refractivity contribution in [1.29, 1.82) is 0 Å². The van der Waals surface area contributed by atoms with Gasteiger partial charge in [-0.2, -0.15) is 0 Å². The first kappa shape index (κ1) is 54.2. The van der Waals surface area contributed by atoms with Crippen LogP contribution < -0.4 is 9.47 Å². The summed E-state index contributed by atoms with van der Waals surface area (Å²) in [5.74, 6) is 22.6. The van der Waals surface area contributed by atoms with E-state index in [1.54, 1.807) is 0 Å². The molecule has 2 heterocycles. The molecule has 4 nitrogen and oxygen atoms in total. The predicted molar refractivity (Wildman–Crippen MR) is 328 cm³/mol. The number of unbranched alkanes of at least 4 members (excludes halogenated alkanes) is 21. The van der Waals surface area contributed by atoms with E-state index in [1.165, 1.54) is 167 Å². The summed E-state index contributed by atoms with van der Waals surface area (Å²) in [4.78, 5) is 0. The lowest BCUT2D eigenvalue weighted by atomic mass is 9.98. The molecule has 0 radical (unpaired) electrons. The number of aromatic nitrogens is 2. The van der Waals surface area contributed by atoms with Gasteiger partial charge < -0.3 is 18.6 Å². The van der Waals surface area contributed by atoms with Gasteiger partial charge in [-0.1, -0.05) is 187 Å². The molecule has 0 N–H and O–H groups in total. The van der Waals surface area contributed by atoms with E-state index in [1.807, 2.05) is 0 Å². The van der Waals surface area contributed by atoms with Gasteiger partial charge in [-0.05, 0) is 91.5 Å². The number of nitrogens with zero attached hydrogens (tertiary/aromatic N) is 2. The largest absolute Gasteiger partial charge is 0.493 e. The summed E-state index contributed by atoms with van der Waals surface area (Å²) < 4.78 is 20.7. The molecule has 2 aromatic heterocycles. The third kappa shape index (κ3) is 15.9. The Bertz CT molecular complexity index is 2980. The molecule has 0 fully saturated rings. The zero-order valence-corrected chi connectivity index (χ0v) is 45.6. The summed E-state index contributed by atoms with van der Waals surface area (Å²) in [6.07, 6.45) is 38.5. The van der Waals surface area contributed by atoms with Crippen molar-refractivity contribution in [3.05, 3.63) is 69.6 Å². The molecule has 0 spiro atoms. The summed E-state index contributed by atoms with van der Waals surface area (Å²) in [7, 11) is 0. The first-order valence-electron chi connectivity index (χ1n) is 26.8. The number of rotatable bonds is 30. The van der Waals surface area contributed by atoms with Gasteiger partial charge >= 0.3 is 0 Å². The van der Waals surface area contributed by atoms with E-state index in [0.717, 1.165) is 70.1 Å². The predicted octanol–water partition coefficient (Wildman–Crippen LogP) is 21.3. The van der Waals surface area contributed by atoms with E-state index >= 15 is 0 Å². The molecule has 0 saturated carbocycles. The number of hydrogen-bond donors (Lipinski definition) is 0. The molecule has 0 saturated heterocycles. The van der Waals surface area contributed by atoms with Crippen LogP contribution in [0.3, 0.4) is 0 Å². The average Bonchev–Trinajstić information content (AvgIpc) is 3.82. The number of fused-ring (bicyclic) bond motifs is 6. The lowest BCUT2D eigenvalue weighted by Gasteiger charge is -2.17. The minimum atomic E-state index is 0. The topological polar surface area (TPSA) is 28.3 Å². The van der Waals surface area contributed by atoms with Crippen LogP contribution in [0.1, 0.15) is 189 Å². The molecule has 386 valence electrons. The van der Waals surface area contributed by atoms with E-state index in [0.29, 0.717) is 12.4 Å². The van der Waals surface area contributed by atoms with Crippen molar-refractivity contribution in [2.75, 3.05) is 6.61 Å². The first-order chi connectivity index (χ1) is 34.5. The van der Waals surface area contributed by atoms with Crippen LogP contribution in [-0.2, 0) is 13.1 Å². The Kier molecular flexibility index (Phi) is 23.6.